The van der Waals surface area contributed by atoms with Gasteiger partial charge in [0.25, 0.3) is 0 Å². The van der Waals surface area contributed by atoms with Crippen molar-refractivity contribution in [1.82, 2.24) is 10.2 Å². The van der Waals surface area contributed by atoms with E-state index in [0.29, 0.717) is 5.69 Å². The van der Waals surface area contributed by atoms with Crippen molar-refractivity contribution in [3.8, 4) is 11.3 Å². The summed E-state index contributed by atoms with van der Waals surface area (Å²) in [5.74, 6) is -1.00. The molecule has 2 N–H and O–H groups in total. The average molecular weight is 259 g/mol. The summed E-state index contributed by atoms with van der Waals surface area (Å²) in [6, 6.07) is 7.72. The largest absolute Gasteiger partial charge is 0.477 e. The van der Waals surface area contributed by atoms with Crippen LogP contribution in [-0.2, 0) is 6.42 Å². The van der Waals surface area contributed by atoms with Crippen molar-refractivity contribution < 1.29 is 9.90 Å². The average Bonchev–Trinajstić information content (AvgIpc) is 2.87. The topological polar surface area (TPSA) is 69.2 Å². The number of carboxylic acid groups (broad SMARTS) is 1. The van der Waals surface area contributed by atoms with Crippen LogP contribution in [0.2, 0.25) is 0 Å². The van der Waals surface area contributed by atoms with Crippen LogP contribution < -0.4 is 4.90 Å². The van der Waals surface area contributed by atoms with E-state index in [2.05, 4.69) is 29.3 Å². The second kappa shape index (κ2) is 5.14. The molecule has 0 saturated heterocycles. The van der Waals surface area contributed by atoms with E-state index in [1.54, 1.807) is 6.07 Å². The molecule has 0 saturated carbocycles. The first-order valence-corrected chi connectivity index (χ1v) is 6.12. The van der Waals surface area contributed by atoms with Crippen molar-refractivity contribution in [2.45, 2.75) is 13.3 Å². The lowest BCUT2D eigenvalue weighted by Gasteiger charge is -2.17. The minimum absolute atomic E-state index is 0.0987. The van der Waals surface area contributed by atoms with Crippen molar-refractivity contribution in [3.63, 3.8) is 0 Å². The highest BCUT2D eigenvalue weighted by Crippen LogP contribution is 2.30. The Labute approximate surface area is 111 Å². The van der Waals surface area contributed by atoms with E-state index in [-0.39, 0.29) is 5.69 Å². The van der Waals surface area contributed by atoms with Crippen molar-refractivity contribution in [3.05, 3.63) is 35.5 Å². The first kappa shape index (κ1) is 13.1. The Morgan fingerprint density at radius 3 is 2.63 bits per heavy atom. The predicted molar refractivity (Wildman–Crippen MR) is 74.7 cm³/mol. The van der Waals surface area contributed by atoms with Crippen LogP contribution in [0.25, 0.3) is 11.3 Å². The van der Waals surface area contributed by atoms with Gasteiger partial charge in [0.1, 0.15) is 5.69 Å². The summed E-state index contributed by atoms with van der Waals surface area (Å²) >= 11 is 0. The molecule has 0 atom stereocenters. The third-order valence-corrected chi connectivity index (χ3v) is 3.04. The van der Waals surface area contributed by atoms with Gasteiger partial charge in [0.2, 0.25) is 0 Å². The quantitative estimate of drug-likeness (QED) is 0.884. The summed E-state index contributed by atoms with van der Waals surface area (Å²) in [7, 11) is 3.91. The second-order valence-electron chi connectivity index (χ2n) is 4.57. The van der Waals surface area contributed by atoms with E-state index in [9.17, 15) is 4.79 Å². The first-order valence-electron chi connectivity index (χ1n) is 6.12. The van der Waals surface area contributed by atoms with Gasteiger partial charge in [0, 0.05) is 25.3 Å². The smallest absolute Gasteiger partial charge is 0.353 e. The Kier molecular flexibility index (Phi) is 3.55. The summed E-state index contributed by atoms with van der Waals surface area (Å²) < 4.78 is 0. The van der Waals surface area contributed by atoms with Crippen molar-refractivity contribution >= 4 is 11.7 Å². The number of H-pyrrole nitrogens is 1. The Morgan fingerprint density at radius 1 is 1.37 bits per heavy atom. The monoisotopic (exact) mass is 259 g/mol. The van der Waals surface area contributed by atoms with Crippen LogP contribution in [0.5, 0.6) is 0 Å². The van der Waals surface area contributed by atoms with E-state index in [0.717, 1.165) is 17.7 Å². The number of hydrogen-bond donors (Lipinski definition) is 2. The zero-order chi connectivity index (χ0) is 14.0. The molecule has 0 amide bonds. The number of benzene rings is 1. The number of nitrogens with one attached hydrogen (secondary N) is 1. The van der Waals surface area contributed by atoms with E-state index in [1.807, 2.05) is 25.1 Å². The van der Waals surface area contributed by atoms with Crippen molar-refractivity contribution in [1.29, 1.82) is 0 Å². The molecule has 100 valence electrons. The van der Waals surface area contributed by atoms with Crippen LogP contribution in [0.15, 0.2) is 24.3 Å². The Morgan fingerprint density at radius 2 is 2.11 bits per heavy atom. The molecule has 2 rings (SSSR count). The van der Waals surface area contributed by atoms with Crippen LogP contribution in [0.3, 0.4) is 0 Å². The fourth-order valence-electron chi connectivity index (χ4n) is 1.97. The van der Waals surface area contributed by atoms with Gasteiger partial charge in [-0.15, -0.1) is 0 Å². The Bertz CT molecular complexity index is 602. The van der Waals surface area contributed by atoms with E-state index in [1.165, 1.54) is 5.56 Å². The molecule has 2 aromatic rings. The van der Waals surface area contributed by atoms with Gasteiger partial charge in [0.15, 0.2) is 0 Å². The van der Waals surface area contributed by atoms with Crippen LogP contribution in [-0.4, -0.2) is 35.4 Å². The number of anilines is 1. The maximum atomic E-state index is 10.9. The summed E-state index contributed by atoms with van der Waals surface area (Å²) in [5, 5.41) is 15.6. The lowest BCUT2D eigenvalue weighted by atomic mass is 10.0. The maximum absolute atomic E-state index is 10.9. The molecular weight excluding hydrogens is 242 g/mol. The number of rotatable bonds is 4. The normalized spacial score (nSPS) is 10.5. The standard InChI is InChI=1S/C14H17N3O2/c1-4-9-5-6-13(17(2)3)10(7-9)11-8-12(14(18)19)16-15-11/h5-8H,4H2,1-3H3,(H,15,16)(H,18,19). The number of carbonyl (C=O) groups is 1. The van der Waals surface area contributed by atoms with Gasteiger partial charge in [0.05, 0.1) is 5.69 Å². The van der Waals surface area contributed by atoms with Gasteiger partial charge in [-0.1, -0.05) is 13.0 Å². The highest BCUT2D eigenvalue weighted by Gasteiger charge is 2.13. The molecule has 0 radical (unpaired) electrons. The molecule has 19 heavy (non-hydrogen) atoms. The summed E-state index contributed by atoms with van der Waals surface area (Å²) in [6.45, 7) is 2.08. The third kappa shape index (κ3) is 2.59. The predicted octanol–water partition coefficient (Wildman–Crippen LogP) is 2.40. The molecule has 0 aliphatic rings. The van der Waals surface area contributed by atoms with Gasteiger partial charge in [-0.3, -0.25) is 5.10 Å². The Hall–Kier alpha value is -2.30. The summed E-state index contributed by atoms with van der Waals surface area (Å²) in [4.78, 5) is 12.9. The number of nitrogens with zero attached hydrogens (tertiary/aromatic N) is 2. The second-order valence-corrected chi connectivity index (χ2v) is 4.57. The van der Waals surface area contributed by atoms with Crippen molar-refractivity contribution in [2.24, 2.45) is 0 Å². The zero-order valence-electron chi connectivity index (χ0n) is 11.3. The van der Waals surface area contributed by atoms with Crippen LogP contribution in [0, 0.1) is 0 Å². The Balaban J connectivity index is 2.54. The van der Waals surface area contributed by atoms with E-state index >= 15 is 0 Å². The number of aryl methyl sites for hydroxylation is 1. The zero-order valence-corrected chi connectivity index (χ0v) is 11.3. The van der Waals surface area contributed by atoms with Gasteiger partial charge >= 0.3 is 5.97 Å². The highest BCUT2D eigenvalue weighted by atomic mass is 16.4. The van der Waals surface area contributed by atoms with Crippen LogP contribution in [0.1, 0.15) is 23.0 Å². The SMILES string of the molecule is CCc1ccc(N(C)C)c(-c2cc(C(=O)O)[nH]n2)c1. The number of aromatic carboxylic acids is 1. The lowest BCUT2D eigenvalue weighted by Crippen LogP contribution is -2.10. The fraction of sp³-hybridized carbons (Fsp3) is 0.286. The first-order chi connectivity index (χ1) is 9.02. The molecule has 5 heteroatoms. The molecule has 0 aliphatic heterocycles. The molecule has 0 bridgehead atoms. The number of aromatic nitrogens is 2. The maximum Gasteiger partial charge on any atom is 0.353 e. The molecule has 1 heterocycles. The van der Waals surface area contributed by atoms with E-state index < -0.39 is 5.97 Å². The van der Waals surface area contributed by atoms with Crippen molar-refractivity contribution in [2.75, 3.05) is 19.0 Å². The fourth-order valence-corrected chi connectivity index (χ4v) is 1.97. The summed E-state index contributed by atoms with van der Waals surface area (Å²) in [6.07, 6.45) is 0.927. The third-order valence-electron chi connectivity index (χ3n) is 3.04. The molecule has 1 aromatic heterocycles. The van der Waals surface area contributed by atoms with Gasteiger partial charge in [-0.2, -0.15) is 5.10 Å². The molecular formula is C14H17N3O2. The number of hydrogen-bond acceptors (Lipinski definition) is 3. The number of aromatic amines is 1. The highest BCUT2D eigenvalue weighted by molar-refractivity contribution is 5.88. The minimum Gasteiger partial charge on any atom is -0.477 e. The van der Waals surface area contributed by atoms with Gasteiger partial charge in [-0.05, 0) is 30.2 Å². The minimum atomic E-state index is -1.00. The summed E-state index contributed by atoms with van der Waals surface area (Å²) in [5.41, 5.74) is 3.90. The lowest BCUT2D eigenvalue weighted by molar-refractivity contribution is 0.0690. The van der Waals surface area contributed by atoms with Gasteiger partial charge < -0.3 is 10.0 Å². The molecule has 0 spiro atoms. The molecule has 1 aromatic carbocycles. The molecule has 0 fully saturated rings. The van der Waals surface area contributed by atoms with Gasteiger partial charge in [-0.25, -0.2) is 4.79 Å². The van der Waals surface area contributed by atoms with E-state index in [4.69, 9.17) is 5.11 Å². The molecule has 0 unspecified atom stereocenters. The van der Waals surface area contributed by atoms with Crippen LogP contribution >= 0.6 is 0 Å². The molecule has 5 nitrogen and oxygen atoms in total. The molecule has 0 aliphatic carbocycles. The number of carboxylic acids is 1. The van der Waals surface area contributed by atoms with Crippen LogP contribution in [0.4, 0.5) is 5.69 Å².